The number of aliphatic hydroxyl groups excluding tert-OH is 1. The molecule has 8 rings (SSSR count). The number of esters is 2. The van der Waals surface area contributed by atoms with Crippen molar-refractivity contribution in [3.63, 3.8) is 0 Å². The molecule has 7 atom stereocenters. The van der Waals surface area contributed by atoms with Crippen molar-refractivity contribution in [1.82, 2.24) is 15.1 Å². The molecule has 5 aliphatic rings. The fourth-order valence-electron chi connectivity index (χ4n) is 9.82. The Morgan fingerprint density at radius 3 is 2.43 bits per heavy atom. The van der Waals surface area contributed by atoms with Crippen LogP contribution in [0.1, 0.15) is 69.6 Å². The van der Waals surface area contributed by atoms with Crippen molar-refractivity contribution in [2.24, 2.45) is 0 Å². The number of hydrogen-bond acceptors (Lipinski definition) is 15. The van der Waals surface area contributed by atoms with E-state index in [4.69, 9.17) is 28.4 Å². The molecular weight excluding hydrogens is 743 g/mol. The van der Waals surface area contributed by atoms with Crippen LogP contribution in [0.5, 0.6) is 40.2 Å². The lowest BCUT2D eigenvalue weighted by Crippen LogP contribution is -2.70. The normalized spacial score (nSPS) is 28.5. The van der Waals surface area contributed by atoms with Gasteiger partial charge >= 0.3 is 11.9 Å². The Morgan fingerprint density at radius 1 is 1.00 bits per heavy atom. The first kappa shape index (κ1) is 38.5. The van der Waals surface area contributed by atoms with Crippen LogP contribution in [-0.2, 0) is 32.7 Å². The van der Waals surface area contributed by atoms with Crippen LogP contribution in [-0.4, -0.2) is 108 Å². The second kappa shape index (κ2) is 14.2. The molecule has 2 saturated heterocycles. The van der Waals surface area contributed by atoms with Crippen molar-refractivity contribution in [3.8, 4) is 40.2 Å². The number of aromatic hydroxyl groups is 2. The van der Waals surface area contributed by atoms with Gasteiger partial charge in [-0.05, 0) is 82.0 Å². The zero-order valence-corrected chi connectivity index (χ0v) is 33.7. The Morgan fingerprint density at radius 2 is 1.73 bits per heavy atom. The first-order valence-corrected chi connectivity index (χ1v) is 19.9. The summed E-state index contributed by atoms with van der Waals surface area (Å²) < 4.78 is 35.7. The van der Waals surface area contributed by atoms with E-state index in [0.717, 1.165) is 16.7 Å². The number of aliphatic hydroxyl groups is 1. The molecule has 3 aromatic carbocycles. The minimum absolute atomic E-state index is 0.0130. The van der Waals surface area contributed by atoms with Gasteiger partial charge in [0.05, 0.1) is 31.6 Å². The summed E-state index contributed by atoms with van der Waals surface area (Å²) in [5, 5.41) is 38.3. The van der Waals surface area contributed by atoms with Crippen LogP contribution in [0.25, 0.3) is 0 Å². The summed E-state index contributed by atoms with van der Waals surface area (Å²) in [6, 6.07) is 3.28. The molecule has 15 heteroatoms. The number of ether oxygens (including phenoxy) is 6. The third kappa shape index (κ3) is 5.68. The van der Waals surface area contributed by atoms with Crippen molar-refractivity contribution < 1.29 is 53.3 Å². The van der Waals surface area contributed by atoms with E-state index in [9.17, 15) is 24.9 Å². The molecule has 56 heavy (non-hydrogen) atoms. The van der Waals surface area contributed by atoms with Gasteiger partial charge in [0, 0.05) is 53.6 Å². The van der Waals surface area contributed by atoms with Crippen LogP contribution in [0.2, 0.25) is 0 Å². The third-order valence-corrected chi connectivity index (χ3v) is 13.8. The number of hydrogen-bond donors (Lipinski definition) is 4. The molecular formula is C41H49N3O11S. The number of likely N-dealkylation sites (N-methyl/N-ethyl adjacent to an activating group) is 1. The van der Waals surface area contributed by atoms with Gasteiger partial charge in [-0.1, -0.05) is 6.07 Å². The number of benzene rings is 3. The summed E-state index contributed by atoms with van der Waals surface area (Å²) in [6.07, 6.45) is -0.0237. The lowest BCUT2D eigenvalue weighted by Gasteiger charge is -2.60. The standard InChI is InChI=1S/C41H49N3O11S/c1-18-11-24-12-26-39(48)44-19(2)15-52-40(49)41(25-14-28(50-7)27(46)13-23(25)9-10-42-41)16-56-38(32(44)31(43(26)6)30(24)33(47)34(18)51-8)29-20(3)36-37(54-17-53-36)21(4)35(29)55-22(5)45/h11,13-14,19,26,31-32,38-39,42,46-48H,9-10,12,15-17H2,1-8H3/t19-,26+,31?,32-,38-,39+,41+/m1/s1. The van der Waals surface area contributed by atoms with E-state index in [-0.39, 0.29) is 42.4 Å². The molecule has 4 N–H and O–H groups in total. The van der Waals surface area contributed by atoms with Crippen LogP contribution in [0, 0.1) is 20.8 Å². The molecule has 3 aromatic rings. The first-order chi connectivity index (χ1) is 26.7. The number of carbonyl (C=O) groups excluding carboxylic acids is 2. The molecule has 5 heterocycles. The van der Waals surface area contributed by atoms with E-state index in [1.54, 1.807) is 12.1 Å². The van der Waals surface area contributed by atoms with E-state index in [1.807, 2.05) is 45.7 Å². The van der Waals surface area contributed by atoms with Gasteiger partial charge in [-0.2, -0.15) is 0 Å². The Bertz CT molecular complexity index is 2130. The average Bonchev–Trinajstić information content (AvgIpc) is 3.66. The summed E-state index contributed by atoms with van der Waals surface area (Å²) in [5.74, 6) is 0.984. The maximum atomic E-state index is 14.7. The Hall–Kier alpha value is -4.41. The van der Waals surface area contributed by atoms with Gasteiger partial charge < -0.3 is 43.7 Å². The maximum absolute atomic E-state index is 14.7. The first-order valence-electron chi connectivity index (χ1n) is 18.9. The zero-order chi connectivity index (χ0) is 40.0. The second-order valence-corrected chi connectivity index (χ2v) is 16.6. The summed E-state index contributed by atoms with van der Waals surface area (Å²) in [5.41, 5.74) is 4.27. The molecule has 0 amide bonds. The number of methoxy groups -OCH3 is 2. The predicted octanol–water partition coefficient (Wildman–Crippen LogP) is 4.06. The number of fused-ring (bicyclic) bond motifs is 9. The third-order valence-electron chi connectivity index (χ3n) is 12.4. The van der Waals surface area contributed by atoms with Gasteiger partial charge in [0.25, 0.3) is 0 Å². The van der Waals surface area contributed by atoms with E-state index >= 15 is 0 Å². The lowest BCUT2D eigenvalue weighted by atomic mass is 9.76. The highest BCUT2D eigenvalue weighted by molar-refractivity contribution is 7.99. The molecule has 0 saturated carbocycles. The number of carbonyl (C=O) groups is 2. The topological polar surface area (TPSA) is 169 Å². The number of aryl methyl sites for hydroxylation is 1. The van der Waals surface area contributed by atoms with E-state index in [2.05, 4.69) is 10.2 Å². The predicted molar refractivity (Wildman–Crippen MR) is 206 cm³/mol. The Kier molecular flexibility index (Phi) is 9.76. The van der Waals surface area contributed by atoms with Crippen LogP contribution in [0.3, 0.4) is 0 Å². The molecule has 0 aliphatic carbocycles. The molecule has 1 spiro atoms. The number of cyclic esters (lactones) is 1. The van der Waals surface area contributed by atoms with Gasteiger partial charge in [-0.15, -0.1) is 11.8 Å². The number of nitrogens with one attached hydrogen (secondary N) is 1. The quantitative estimate of drug-likeness (QED) is 0.221. The second-order valence-electron chi connectivity index (χ2n) is 15.5. The van der Waals surface area contributed by atoms with E-state index in [1.165, 1.54) is 32.9 Å². The van der Waals surface area contributed by atoms with Gasteiger partial charge in [0.1, 0.15) is 18.6 Å². The van der Waals surface area contributed by atoms with Crippen LogP contribution >= 0.6 is 11.8 Å². The number of phenolic OH excluding ortho intramolecular Hbond substituents is 2. The Balaban J connectivity index is 1.42. The van der Waals surface area contributed by atoms with Crippen molar-refractivity contribution >= 4 is 23.7 Å². The average molecular weight is 792 g/mol. The molecule has 14 nitrogen and oxygen atoms in total. The summed E-state index contributed by atoms with van der Waals surface area (Å²) in [6.45, 7) is 9.24. The lowest BCUT2D eigenvalue weighted by molar-refractivity contribution is -0.179. The highest BCUT2D eigenvalue weighted by atomic mass is 32.2. The Labute approximate surface area is 329 Å². The van der Waals surface area contributed by atoms with Crippen LogP contribution < -0.4 is 29.0 Å². The SMILES string of the molecule is COc1cc2c(cc1O)CCN[C@@]21CS[C@H](c2c(C)c3c(c(C)c2OC(C)=O)OCO3)[C@H]2C3c4c(cc(C)c(OC)c4O)C[C@@H]([C@H](O)N2[C@H](C)COC1=O)N3C. The molecule has 2 fully saturated rings. The summed E-state index contributed by atoms with van der Waals surface area (Å²) in [4.78, 5) is 31.8. The summed E-state index contributed by atoms with van der Waals surface area (Å²) in [7, 11) is 4.96. The van der Waals surface area contributed by atoms with Crippen LogP contribution in [0.15, 0.2) is 18.2 Å². The number of thioether (sulfide) groups is 1. The molecule has 0 aromatic heterocycles. The van der Waals surface area contributed by atoms with E-state index < -0.39 is 47.1 Å². The number of phenols is 2. The molecule has 5 aliphatic heterocycles. The largest absolute Gasteiger partial charge is 0.504 e. The highest BCUT2D eigenvalue weighted by Gasteiger charge is 2.57. The van der Waals surface area contributed by atoms with Gasteiger partial charge in [-0.3, -0.25) is 19.9 Å². The van der Waals surface area contributed by atoms with Gasteiger partial charge in [-0.25, -0.2) is 4.79 Å². The molecule has 1 unspecified atom stereocenters. The monoisotopic (exact) mass is 791 g/mol. The molecule has 0 radical (unpaired) electrons. The fraction of sp³-hybridized carbons (Fsp3) is 0.512. The van der Waals surface area contributed by atoms with Crippen molar-refractivity contribution in [2.45, 2.75) is 88.6 Å². The van der Waals surface area contributed by atoms with Crippen molar-refractivity contribution in [1.29, 1.82) is 0 Å². The number of piperazine rings is 1. The highest BCUT2D eigenvalue weighted by Crippen LogP contribution is 2.59. The fourth-order valence-corrected chi connectivity index (χ4v) is 11.6. The smallest absolute Gasteiger partial charge is 0.331 e. The maximum Gasteiger partial charge on any atom is 0.331 e. The van der Waals surface area contributed by atoms with Crippen molar-refractivity contribution in [3.05, 3.63) is 62.7 Å². The summed E-state index contributed by atoms with van der Waals surface area (Å²) >= 11 is 1.46. The van der Waals surface area contributed by atoms with Gasteiger partial charge in [0.15, 0.2) is 40.0 Å². The van der Waals surface area contributed by atoms with Gasteiger partial charge in [0.2, 0.25) is 6.79 Å². The zero-order valence-electron chi connectivity index (χ0n) is 32.8. The minimum atomic E-state index is -1.39. The number of rotatable bonds is 4. The van der Waals surface area contributed by atoms with Crippen molar-refractivity contribution in [2.75, 3.05) is 47.0 Å². The number of nitrogens with zero attached hydrogens (tertiary/aromatic N) is 2. The van der Waals surface area contributed by atoms with Crippen LogP contribution in [0.4, 0.5) is 0 Å². The molecule has 2 bridgehead atoms. The minimum Gasteiger partial charge on any atom is -0.504 e. The molecule has 300 valence electrons. The van der Waals surface area contributed by atoms with E-state index in [0.29, 0.717) is 70.2 Å².